The first-order valence-electron chi connectivity index (χ1n) is 14.0. The van der Waals surface area contributed by atoms with Gasteiger partial charge in [0.1, 0.15) is 0 Å². The molecule has 0 bridgehead atoms. The number of nitrogens with zero attached hydrogens (tertiary/aromatic N) is 2. The van der Waals surface area contributed by atoms with E-state index < -0.39 is 6.10 Å². The molecule has 0 heterocycles. The third-order valence-corrected chi connectivity index (χ3v) is 5.45. The van der Waals surface area contributed by atoms with Gasteiger partial charge in [0.05, 0.1) is 18.8 Å². The van der Waals surface area contributed by atoms with Crippen LogP contribution in [0.2, 0.25) is 0 Å². The summed E-state index contributed by atoms with van der Waals surface area (Å²) in [5.74, 6) is 0. The van der Waals surface area contributed by atoms with E-state index in [2.05, 4.69) is 31.2 Å². The Morgan fingerprint density at radius 1 is 0.657 bits per heavy atom. The van der Waals surface area contributed by atoms with Crippen LogP contribution in [0.1, 0.15) is 90.4 Å². The summed E-state index contributed by atoms with van der Waals surface area (Å²) in [6.07, 6.45) is 24.4. The molecule has 0 radical (unpaired) electrons. The van der Waals surface area contributed by atoms with Gasteiger partial charge in [-0.2, -0.15) is 0 Å². The highest BCUT2D eigenvalue weighted by Gasteiger charge is 2.04. The van der Waals surface area contributed by atoms with Crippen molar-refractivity contribution < 1.29 is 20.1 Å². The molecule has 0 aromatic rings. The fourth-order valence-corrected chi connectivity index (χ4v) is 3.51. The van der Waals surface area contributed by atoms with Crippen LogP contribution in [0.5, 0.6) is 0 Å². The van der Waals surface area contributed by atoms with Gasteiger partial charge in [-0.3, -0.25) is 0 Å². The predicted molar refractivity (Wildman–Crippen MR) is 151 cm³/mol. The average molecular weight is 501 g/mol. The average Bonchev–Trinajstić information content (AvgIpc) is 2.80. The second-order valence-electron chi connectivity index (χ2n) is 10.0. The third-order valence-electron chi connectivity index (χ3n) is 5.45. The number of ether oxygens (including phenoxy) is 1. The molecule has 0 saturated carbocycles. The molecule has 210 valence electrons. The minimum Gasteiger partial charge on any atom is -0.394 e. The fraction of sp³-hybridized carbons (Fsp3) is 0.862. The molecule has 0 aliphatic heterocycles. The number of rotatable bonds is 23. The molecule has 0 aromatic heterocycles. The number of hydrogen-bond donors (Lipinski definition) is 3. The number of aliphatic hydroxyl groups is 3. The van der Waals surface area contributed by atoms with Crippen LogP contribution in [0.3, 0.4) is 0 Å². The lowest BCUT2D eigenvalue weighted by molar-refractivity contribution is 0.0674. The number of hydrogen-bond acceptors (Lipinski definition) is 6. The molecule has 0 saturated heterocycles. The van der Waals surface area contributed by atoms with E-state index in [4.69, 9.17) is 14.9 Å². The molecule has 0 aliphatic carbocycles. The highest BCUT2D eigenvalue weighted by Crippen LogP contribution is 2.08. The highest BCUT2D eigenvalue weighted by molar-refractivity contribution is 4.92. The summed E-state index contributed by atoms with van der Waals surface area (Å²) >= 11 is 0. The molecule has 3 N–H and O–H groups in total. The summed E-state index contributed by atoms with van der Waals surface area (Å²) in [6, 6.07) is 0. The topological polar surface area (TPSA) is 76.4 Å². The van der Waals surface area contributed by atoms with Crippen molar-refractivity contribution in [3.05, 3.63) is 24.3 Å². The Kier molecular flexibility index (Phi) is 30.6. The Labute approximate surface area is 218 Å². The second-order valence-corrected chi connectivity index (χ2v) is 10.0. The van der Waals surface area contributed by atoms with Crippen LogP contribution in [0.4, 0.5) is 0 Å². The molecule has 0 amide bonds. The van der Waals surface area contributed by atoms with Crippen molar-refractivity contribution in [2.24, 2.45) is 0 Å². The van der Waals surface area contributed by atoms with E-state index in [0.29, 0.717) is 19.7 Å². The van der Waals surface area contributed by atoms with Gasteiger partial charge in [0.25, 0.3) is 0 Å². The van der Waals surface area contributed by atoms with Crippen LogP contribution in [0.25, 0.3) is 0 Å². The Hall–Kier alpha value is -0.760. The number of unbranched alkanes of at least 4 members (excludes halogenated alkanes) is 9. The molecule has 0 aromatic carbocycles. The van der Waals surface area contributed by atoms with Crippen molar-refractivity contribution >= 4 is 0 Å². The summed E-state index contributed by atoms with van der Waals surface area (Å²) in [6.45, 7) is 4.85. The second kappa shape index (κ2) is 29.5. The van der Waals surface area contributed by atoms with E-state index in [-0.39, 0.29) is 12.7 Å². The van der Waals surface area contributed by atoms with E-state index in [1.165, 1.54) is 64.2 Å². The summed E-state index contributed by atoms with van der Waals surface area (Å²) < 4.78 is 5.61. The van der Waals surface area contributed by atoms with E-state index >= 15 is 0 Å². The van der Waals surface area contributed by atoms with Crippen molar-refractivity contribution in [2.75, 3.05) is 61.1 Å². The molecule has 6 heteroatoms. The van der Waals surface area contributed by atoms with Gasteiger partial charge >= 0.3 is 0 Å². The van der Waals surface area contributed by atoms with Crippen molar-refractivity contribution in [1.82, 2.24) is 9.80 Å². The summed E-state index contributed by atoms with van der Waals surface area (Å²) in [7, 11) is 7.65. The molecule has 0 aliphatic rings. The first kappa shape index (κ1) is 36.4. The zero-order valence-corrected chi connectivity index (χ0v) is 23.8. The normalized spacial score (nSPS) is 13.7. The van der Waals surface area contributed by atoms with Crippen LogP contribution in [-0.2, 0) is 4.74 Å². The SMILES string of the molecule is CCCCC/C=C\C/C=C\CCCCCCCCOCCC(O)CN(C)C.CN(C)CC(O)CO. The van der Waals surface area contributed by atoms with Crippen molar-refractivity contribution in [2.45, 2.75) is 103 Å². The van der Waals surface area contributed by atoms with Crippen LogP contribution in [0.15, 0.2) is 24.3 Å². The minimum atomic E-state index is -0.593. The van der Waals surface area contributed by atoms with Crippen molar-refractivity contribution in [3.63, 3.8) is 0 Å². The Morgan fingerprint density at radius 2 is 1.17 bits per heavy atom. The van der Waals surface area contributed by atoms with Crippen molar-refractivity contribution in [1.29, 1.82) is 0 Å². The first-order valence-corrected chi connectivity index (χ1v) is 14.0. The Morgan fingerprint density at radius 3 is 1.69 bits per heavy atom. The molecule has 0 fully saturated rings. The van der Waals surface area contributed by atoms with Gasteiger partial charge in [0.15, 0.2) is 0 Å². The summed E-state index contributed by atoms with van der Waals surface area (Å²) in [5, 5.41) is 26.8. The summed E-state index contributed by atoms with van der Waals surface area (Å²) in [5.41, 5.74) is 0. The molecular weight excluding hydrogens is 440 g/mol. The lowest BCUT2D eigenvalue weighted by atomic mass is 10.1. The molecule has 6 nitrogen and oxygen atoms in total. The molecule has 2 atom stereocenters. The zero-order chi connectivity index (χ0) is 26.6. The summed E-state index contributed by atoms with van der Waals surface area (Å²) in [4.78, 5) is 3.83. The van der Waals surface area contributed by atoms with E-state index in [1.807, 2.05) is 38.0 Å². The molecule has 2 unspecified atom stereocenters. The number of allylic oxidation sites excluding steroid dienone is 4. The van der Waals surface area contributed by atoms with Crippen LogP contribution in [0, 0.1) is 0 Å². The monoisotopic (exact) mass is 500 g/mol. The van der Waals surface area contributed by atoms with Gasteiger partial charge in [0, 0.05) is 26.3 Å². The molecular formula is C29H60N2O4. The van der Waals surface area contributed by atoms with E-state index in [1.54, 1.807) is 0 Å². The quantitative estimate of drug-likeness (QED) is 0.135. The Balaban J connectivity index is 0. The molecule has 0 rings (SSSR count). The minimum absolute atomic E-state index is 0.155. The van der Waals surface area contributed by atoms with Gasteiger partial charge in [0.2, 0.25) is 0 Å². The van der Waals surface area contributed by atoms with Crippen LogP contribution < -0.4 is 0 Å². The third kappa shape index (κ3) is 35.5. The van der Waals surface area contributed by atoms with Gasteiger partial charge in [-0.1, -0.05) is 69.8 Å². The maximum atomic E-state index is 9.73. The largest absolute Gasteiger partial charge is 0.394 e. The Bertz CT molecular complexity index is 456. The fourth-order valence-electron chi connectivity index (χ4n) is 3.51. The first-order chi connectivity index (χ1) is 16.8. The lowest BCUT2D eigenvalue weighted by Crippen LogP contribution is -2.28. The van der Waals surface area contributed by atoms with Gasteiger partial charge in [-0.15, -0.1) is 0 Å². The van der Waals surface area contributed by atoms with Crippen molar-refractivity contribution in [3.8, 4) is 0 Å². The van der Waals surface area contributed by atoms with Gasteiger partial charge in [-0.25, -0.2) is 0 Å². The predicted octanol–water partition coefficient (Wildman–Crippen LogP) is 5.03. The highest BCUT2D eigenvalue weighted by atomic mass is 16.5. The van der Waals surface area contributed by atoms with Crippen LogP contribution in [-0.4, -0.2) is 98.4 Å². The molecule has 35 heavy (non-hydrogen) atoms. The van der Waals surface area contributed by atoms with Gasteiger partial charge < -0.3 is 29.9 Å². The maximum absolute atomic E-state index is 9.73. The van der Waals surface area contributed by atoms with Gasteiger partial charge in [-0.05, 0) is 73.1 Å². The lowest BCUT2D eigenvalue weighted by Gasteiger charge is -2.15. The number of likely N-dealkylation sites (N-methyl/N-ethyl adjacent to an activating group) is 2. The standard InChI is InChI=1S/C24H47NO2.C5H13NO2/c1-4-5-6-7-8-9-10-11-12-13-14-15-16-17-18-19-21-27-22-20-24(26)23-25(2)3;1-6(2)3-5(8)4-7/h8-9,11-12,24,26H,4-7,10,13-23H2,1-3H3;5,7-8H,3-4H2,1-2H3/b9-8-,12-11-;. The van der Waals surface area contributed by atoms with E-state index in [0.717, 1.165) is 25.9 Å². The smallest absolute Gasteiger partial charge is 0.0897 e. The number of aliphatic hydroxyl groups excluding tert-OH is 3. The van der Waals surface area contributed by atoms with E-state index in [9.17, 15) is 5.11 Å². The maximum Gasteiger partial charge on any atom is 0.0897 e. The van der Waals surface area contributed by atoms with Crippen LogP contribution >= 0.6 is 0 Å². The molecule has 0 spiro atoms. The zero-order valence-electron chi connectivity index (χ0n) is 23.8.